The summed E-state index contributed by atoms with van der Waals surface area (Å²) in [5.41, 5.74) is -0.573. The first kappa shape index (κ1) is 13.2. The smallest absolute Gasteiger partial charge is 0.241 e. The zero-order valence-electron chi connectivity index (χ0n) is 11.7. The maximum Gasteiger partial charge on any atom is 0.241 e. The van der Waals surface area contributed by atoms with Crippen LogP contribution < -0.4 is 10.0 Å². The van der Waals surface area contributed by atoms with Crippen LogP contribution >= 0.6 is 0 Å². The number of hydrogen-bond acceptors (Lipinski definition) is 5. The molecule has 2 bridgehead atoms. The van der Waals surface area contributed by atoms with Crippen LogP contribution in [0.3, 0.4) is 0 Å². The highest BCUT2D eigenvalue weighted by molar-refractivity contribution is 6.23. The number of fused-ring (bicyclic) bond motifs is 5. The van der Waals surface area contributed by atoms with Gasteiger partial charge in [0.25, 0.3) is 0 Å². The number of imide groups is 1. The van der Waals surface area contributed by atoms with Crippen molar-refractivity contribution in [2.45, 2.75) is 18.6 Å². The van der Waals surface area contributed by atoms with Gasteiger partial charge in [0.05, 0.1) is 35.2 Å². The molecule has 2 fully saturated rings. The fourth-order valence-electron chi connectivity index (χ4n) is 3.68. The standard InChI is InChI=1S/C16H13NO5/c1-16-6-5-10(22-16)11-12(16)14(19)17(13(11)18)9-4-2-3-8(7-9)15(20)21/h2-7,10-12H,1H3,(H,20,21)/p-1/t10-,11+,12-,16-/m1/s1. The van der Waals surface area contributed by atoms with E-state index in [2.05, 4.69) is 0 Å². The van der Waals surface area contributed by atoms with Gasteiger partial charge in [-0.3, -0.25) is 9.59 Å². The lowest BCUT2D eigenvalue weighted by atomic mass is 9.78. The van der Waals surface area contributed by atoms with Gasteiger partial charge in [0.2, 0.25) is 11.8 Å². The van der Waals surface area contributed by atoms with Gasteiger partial charge in [0, 0.05) is 0 Å². The molecule has 3 aliphatic heterocycles. The molecule has 2 amide bonds. The summed E-state index contributed by atoms with van der Waals surface area (Å²) in [7, 11) is 0. The van der Waals surface area contributed by atoms with Gasteiger partial charge in [-0.05, 0) is 24.6 Å². The van der Waals surface area contributed by atoms with Gasteiger partial charge < -0.3 is 14.6 Å². The molecule has 1 aromatic rings. The Morgan fingerprint density at radius 2 is 2.09 bits per heavy atom. The summed E-state index contributed by atoms with van der Waals surface area (Å²) in [4.78, 5) is 37.4. The van der Waals surface area contributed by atoms with Gasteiger partial charge in [0.15, 0.2) is 0 Å². The molecule has 3 heterocycles. The van der Waals surface area contributed by atoms with E-state index in [1.54, 1.807) is 13.0 Å². The number of benzene rings is 1. The summed E-state index contributed by atoms with van der Waals surface area (Å²) in [6.45, 7) is 1.79. The molecule has 0 spiro atoms. The molecule has 6 nitrogen and oxygen atoms in total. The summed E-state index contributed by atoms with van der Waals surface area (Å²) >= 11 is 0. The molecule has 0 radical (unpaired) electrons. The van der Waals surface area contributed by atoms with Crippen molar-refractivity contribution in [3.63, 3.8) is 0 Å². The molecule has 3 aliphatic rings. The van der Waals surface area contributed by atoms with Crippen LogP contribution in [-0.4, -0.2) is 29.5 Å². The van der Waals surface area contributed by atoms with E-state index in [0.29, 0.717) is 0 Å². The zero-order valence-corrected chi connectivity index (χ0v) is 11.7. The third kappa shape index (κ3) is 1.50. The minimum Gasteiger partial charge on any atom is -0.545 e. The normalized spacial score (nSPS) is 35.3. The molecule has 22 heavy (non-hydrogen) atoms. The predicted octanol–water partition coefficient (Wildman–Crippen LogP) is -0.117. The quantitative estimate of drug-likeness (QED) is 0.561. The third-order valence-corrected chi connectivity index (χ3v) is 4.67. The van der Waals surface area contributed by atoms with Crippen LogP contribution in [0.4, 0.5) is 5.69 Å². The molecule has 0 aliphatic carbocycles. The first-order chi connectivity index (χ1) is 10.4. The topological polar surface area (TPSA) is 86.7 Å². The fraction of sp³-hybridized carbons (Fsp3) is 0.312. The van der Waals surface area contributed by atoms with Crippen LogP contribution in [-0.2, 0) is 14.3 Å². The number of amides is 2. The van der Waals surface area contributed by atoms with E-state index in [-0.39, 0.29) is 29.2 Å². The summed E-state index contributed by atoms with van der Waals surface area (Å²) in [5.74, 6) is -3.13. The number of aromatic carboxylic acids is 1. The van der Waals surface area contributed by atoms with E-state index >= 15 is 0 Å². The Balaban J connectivity index is 1.77. The molecule has 4 rings (SSSR count). The van der Waals surface area contributed by atoms with E-state index in [4.69, 9.17) is 4.74 Å². The Bertz CT molecular complexity index is 755. The second-order valence-electron chi connectivity index (χ2n) is 5.98. The molecular weight excluding hydrogens is 286 g/mol. The highest BCUT2D eigenvalue weighted by Gasteiger charge is 2.66. The molecule has 1 aromatic carbocycles. The Hall–Kier alpha value is -2.47. The summed E-state index contributed by atoms with van der Waals surface area (Å²) in [6, 6.07) is 5.67. The Morgan fingerprint density at radius 1 is 1.32 bits per heavy atom. The first-order valence-electron chi connectivity index (χ1n) is 6.99. The molecular formula is C16H12NO5-. The molecule has 4 atom stereocenters. The zero-order chi connectivity index (χ0) is 15.6. The number of ether oxygens (including phenoxy) is 1. The van der Waals surface area contributed by atoms with Crippen LogP contribution in [0.2, 0.25) is 0 Å². The third-order valence-electron chi connectivity index (χ3n) is 4.67. The van der Waals surface area contributed by atoms with Crippen molar-refractivity contribution in [2.75, 3.05) is 4.90 Å². The molecule has 0 unspecified atom stereocenters. The lowest BCUT2D eigenvalue weighted by Gasteiger charge is -2.24. The maximum absolute atomic E-state index is 12.7. The highest BCUT2D eigenvalue weighted by atomic mass is 16.5. The summed E-state index contributed by atoms with van der Waals surface area (Å²) in [6.07, 6.45) is 3.25. The van der Waals surface area contributed by atoms with Gasteiger partial charge >= 0.3 is 0 Å². The number of anilines is 1. The van der Waals surface area contributed by atoms with Gasteiger partial charge in [-0.1, -0.05) is 24.3 Å². The summed E-state index contributed by atoms with van der Waals surface area (Å²) in [5, 5.41) is 11.0. The predicted molar refractivity (Wildman–Crippen MR) is 72.7 cm³/mol. The van der Waals surface area contributed by atoms with Crippen LogP contribution in [0.1, 0.15) is 17.3 Å². The SMILES string of the molecule is C[C@]12C=C[C@@H](O1)[C@@H]1C(=O)N(c3cccc(C(=O)[O-])c3)C(=O)[C@@H]12. The van der Waals surface area contributed by atoms with Crippen LogP contribution in [0.15, 0.2) is 36.4 Å². The number of rotatable bonds is 2. The average molecular weight is 298 g/mol. The van der Waals surface area contributed by atoms with Crippen molar-refractivity contribution < 1.29 is 24.2 Å². The number of carboxylic acid groups (broad SMARTS) is 1. The van der Waals surface area contributed by atoms with Crippen molar-refractivity contribution >= 4 is 23.5 Å². The molecule has 0 N–H and O–H groups in total. The van der Waals surface area contributed by atoms with Crippen LogP contribution in [0, 0.1) is 11.8 Å². The lowest BCUT2D eigenvalue weighted by molar-refractivity contribution is -0.255. The van der Waals surface area contributed by atoms with Crippen molar-refractivity contribution in [3.05, 3.63) is 42.0 Å². The largest absolute Gasteiger partial charge is 0.545 e. The van der Waals surface area contributed by atoms with Crippen LogP contribution in [0.25, 0.3) is 0 Å². The number of hydrogen-bond donors (Lipinski definition) is 0. The fourth-order valence-corrected chi connectivity index (χ4v) is 3.68. The monoisotopic (exact) mass is 298 g/mol. The minimum atomic E-state index is -1.35. The molecule has 0 saturated carbocycles. The second-order valence-corrected chi connectivity index (χ2v) is 5.98. The van der Waals surface area contributed by atoms with Gasteiger partial charge in [-0.25, -0.2) is 4.90 Å². The highest BCUT2D eigenvalue weighted by Crippen LogP contribution is 2.52. The van der Waals surface area contributed by atoms with Crippen molar-refractivity contribution in [1.29, 1.82) is 0 Å². The van der Waals surface area contributed by atoms with E-state index < -0.39 is 23.4 Å². The van der Waals surface area contributed by atoms with Crippen molar-refractivity contribution in [1.82, 2.24) is 0 Å². The number of carboxylic acids is 1. The molecule has 6 heteroatoms. The Kier molecular flexibility index (Phi) is 2.43. The Morgan fingerprint density at radius 3 is 2.77 bits per heavy atom. The average Bonchev–Trinajstić information content (AvgIpc) is 3.08. The van der Waals surface area contributed by atoms with Gasteiger partial charge in [-0.15, -0.1) is 0 Å². The van der Waals surface area contributed by atoms with E-state index in [0.717, 1.165) is 4.90 Å². The molecule has 2 saturated heterocycles. The van der Waals surface area contributed by atoms with Gasteiger partial charge in [0.1, 0.15) is 0 Å². The lowest BCUT2D eigenvalue weighted by Crippen LogP contribution is -2.38. The van der Waals surface area contributed by atoms with E-state index in [1.165, 1.54) is 18.2 Å². The van der Waals surface area contributed by atoms with E-state index in [1.807, 2.05) is 12.2 Å². The van der Waals surface area contributed by atoms with Crippen molar-refractivity contribution in [3.8, 4) is 0 Å². The number of carbonyl (C=O) groups is 3. The van der Waals surface area contributed by atoms with Crippen LogP contribution in [0.5, 0.6) is 0 Å². The number of carbonyl (C=O) groups excluding carboxylic acids is 3. The van der Waals surface area contributed by atoms with Gasteiger partial charge in [-0.2, -0.15) is 0 Å². The summed E-state index contributed by atoms with van der Waals surface area (Å²) < 4.78 is 5.73. The minimum absolute atomic E-state index is 0.0706. The maximum atomic E-state index is 12.7. The first-order valence-corrected chi connectivity index (χ1v) is 6.99. The van der Waals surface area contributed by atoms with E-state index in [9.17, 15) is 19.5 Å². The number of nitrogens with zero attached hydrogens (tertiary/aromatic N) is 1. The molecule has 0 aromatic heterocycles. The Labute approximate surface area is 126 Å². The molecule has 112 valence electrons. The van der Waals surface area contributed by atoms with Crippen molar-refractivity contribution in [2.24, 2.45) is 11.8 Å². The second kappa shape index (κ2) is 4.04.